The average Bonchev–Trinajstić information content (AvgIpc) is 3.24. The van der Waals surface area contributed by atoms with E-state index in [0.717, 1.165) is 44.6 Å². The van der Waals surface area contributed by atoms with Crippen molar-refractivity contribution in [3.8, 4) is 0 Å². The van der Waals surface area contributed by atoms with E-state index in [1.165, 1.54) is 48.8 Å². The van der Waals surface area contributed by atoms with E-state index in [1.807, 2.05) is 12.1 Å². The topological polar surface area (TPSA) is 6.48 Å². The van der Waals surface area contributed by atoms with Crippen LogP contribution in [0.2, 0.25) is 0 Å². The van der Waals surface area contributed by atoms with Crippen molar-refractivity contribution in [1.29, 1.82) is 0 Å². The zero-order valence-corrected chi connectivity index (χ0v) is 32.7. The van der Waals surface area contributed by atoms with E-state index in [9.17, 15) is 0 Å². The molecule has 3 heteroatoms. The van der Waals surface area contributed by atoms with E-state index in [4.69, 9.17) is 0 Å². The van der Waals surface area contributed by atoms with Gasteiger partial charge in [-0.3, -0.25) is 0 Å². The van der Waals surface area contributed by atoms with Gasteiger partial charge in [0.05, 0.1) is 28.4 Å². The Balaban J connectivity index is 1.36. The number of hydrogen-bond acceptors (Lipinski definition) is 2. The highest BCUT2D eigenvalue weighted by Crippen LogP contribution is 2.52. The van der Waals surface area contributed by atoms with Gasteiger partial charge in [0.2, 0.25) is 0 Å². The third-order valence-electron chi connectivity index (χ3n) is 11.8. The molecular formula is C54H43FN2. The van der Waals surface area contributed by atoms with Gasteiger partial charge in [-0.15, -0.1) is 0 Å². The van der Waals surface area contributed by atoms with Crippen LogP contribution >= 0.6 is 0 Å². The van der Waals surface area contributed by atoms with Gasteiger partial charge in [0.1, 0.15) is 5.82 Å². The summed E-state index contributed by atoms with van der Waals surface area (Å²) in [6, 6.07) is 61.9. The minimum Gasteiger partial charge on any atom is -0.309 e. The first kappa shape index (κ1) is 34.8. The van der Waals surface area contributed by atoms with Crippen molar-refractivity contribution < 1.29 is 4.39 Å². The van der Waals surface area contributed by atoms with Crippen LogP contribution < -0.4 is 9.80 Å². The fourth-order valence-corrected chi connectivity index (χ4v) is 9.15. The second kappa shape index (κ2) is 13.8. The van der Waals surface area contributed by atoms with Gasteiger partial charge < -0.3 is 9.80 Å². The first-order valence-electron chi connectivity index (χ1n) is 20.0. The lowest BCUT2D eigenvalue weighted by Gasteiger charge is -2.32. The first-order valence-corrected chi connectivity index (χ1v) is 20.0. The molecule has 0 aromatic heterocycles. The number of anilines is 6. The van der Waals surface area contributed by atoms with Crippen molar-refractivity contribution in [3.05, 3.63) is 193 Å². The van der Waals surface area contributed by atoms with Gasteiger partial charge in [-0.2, -0.15) is 0 Å². The molecule has 0 radical (unpaired) electrons. The maximum atomic E-state index is 16.3. The van der Waals surface area contributed by atoms with Gasteiger partial charge in [-0.05, 0) is 104 Å². The lowest BCUT2D eigenvalue weighted by Crippen LogP contribution is -2.14. The molecule has 0 aliphatic carbocycles. The highest BCUT2D eigenvalue weighted by molar-refractivity contribution is 6.30. The molecule has 10 aromatic rings. The number of benzene rings is 10. The van der Waals surface area contributed by atoms with E-state index in [2.05, 4.69) is 189 Å². The van der Waals surface area contributed by atoms with Crippen LogP contribution in [0.3, 0.4) is 0 Å². The summed E-state index contributed by atoms with van der Waals surface area (Å²) in [4.78, 5) is 4.61. The number of nitrogens with zero attached hydrogens (tertiary/aromatic N) is 2. The Labute approximate surface area is 333 Å². The summed E-state index contributed by atoms with van der Waals surface area (Å²) < 4.78 is 16.3. The molecule has 0 saturated heterocycles. The summed E-state index contributed by atoms with van der Waals surface area (Å²) in [6.07, 6.45) is 0. The molecule has 0 unspecified atom stereocenters. The molecular weight excluding hydrogens is 696 g/mol. The molecule has 10 rings (SSSR count). The van der Waals surface area contributed by atoms with E-state index >= 15 is 4.39 Å². The van der Waals surface area contributed by atoms with Crippen LogP contribution in [-0.4, -0.2) is 0 Å². The Morgan fingerprint density at radius 2 is 0.772 bits per heavy atom. The molecule has 0 aliphatic rings. The van der Waals surface area contributed by atoms with Crippen molar-refractivity contribution in [3.63, 3.8) is 0 Å². The van der Waals surface area contributed by atoms with E-state index in [-0.39, 0.29) is 17.7 Å². The van der Waals surface area contributed by atoms with Crippen LogP contribution in [-0.2, 0) is 0 Å². The first-order chi connectivity index (χ1) is 27.9. The Morgan fingerprint density at radius 3 is 1.32 bits per heavy atom. The molecule has 2 nitrogen and oxygen atoms in total. The fraction of sp³-hybridized carbons (Fsp3) is 0.111. The van der Waals surface area contributed by atoms with Gasteiger partial charge >= 0.3 is 0 Å². The smallest absolute Gasteiger partial charge is 0.147 e. The predicted octanol–water partition coefficient (Wildman–Crippen LogP) is 16.2. The maximum absolute atomic E-state index is 16.3. The summed E-state index contributed by atoms with van der Waals surface area (Å²) >= 11 is 0. The van der Waals surface area contributed by atoms with Gasteiger partial charge in [0.25, 0.3) is 0 Å². The molecule has 10 aromatic carbocycles. The molecule has 57 heavy (non-hydrogen) atoms. The van der Waals surface area contributed by atoms with Gasteiger partial charge in [0, 0.05) is 27.2 Å². The van der Waals surface area contributed by atoms with Gasteiger partial charge in [-0.25, -0.2) is 4.39 Å². The second-order valence-electron chi connectivity index (χ2n) is 15.8. The van der Waals surface area contributed by atoms with Gasteiger partial charge in [0.15, 0.2) is 0 Å². The summed E-state index contributed by atoms with van der Waals surface area (Å²) in [5.74, 6) is 0.206. The minimum atomic E-state index is -0.264. The largest absolute Gasteiger partial charge is 0.309 e. The molecule has 0 aliphatic heterocycles. The van der Waals surface area contributed by atoms with Crippen LogP contribution in [0.1, 0.15) is 50.7 Å². The van der Waals surface area contributed by atoms with Gasteiger partial charge in [-0.1, -0.05) is 155 Å². The predicted molar refractivity (Wildman–Crippen MR) is 243 cm³/mol. The summed E-state index contributed by atoms with van der Waals surface area (Å²) in [5, 5.41) is 11.8. The molecule has 0 heterocycles. The van der Waals surface area contributed by atoms with E-state index < -0.39 is 0 Å². The highest BCUT2D eigenvalue weighted by Gasteiger charge is 2.27. The van der Waals surface area contributed by atoms with Crippen LogP contribution in [0.15, 0.2) is 176 Å². The average molecular weight is 739 g/mol. The molecule has 0 N–H and O–H groups in total. The molecule has 0 amide bonds. The summed E-state index contributed by atoms with van der Waals surface area (Å²) in [6.45, 7) is 9.13. The van der Waals surface area contributed by atoms with E-state index in [1.54, 1.807) is 12.1 Å². The van der Waals surface area contributed by atoms with Crippen molar-refractivity contribution in [2.45, 2.75) is 39.5 Å². The standard InChI is InChI=1S/C54H43FN2/c1-34(2)45-32-51(56(38-20-6-5-7-21-38)48-26-14-18-36-16-8-10-22-39(36)48)43-30-28-42-46(35(3)4)33-52(44-31-29-41(45)53(43)54(42)44)57(50-25-13-12-24-47(50)55)49-27-15-19-37-17-9-11-23-40(37)49/h5-35H,1-4H3. The second-order valence-corrected chi connectivity index (χ2v) is 15.8. The Hall–Kier alpha value is -6.71. The zero-order valence-electron chi connectivity index (χ0n) is 32.7. The molecule has 0 saturated carbocycles. The Kier molecular flexibility index (Phi) is 8.41. The third-order valence-corrected chi connectivity index (χ3v) is 11.8. The molecule has 276 valence electrons. The molecule has 0 spiro atoms. The highest BCUT2D eigenvalue weighted by atomic mass is 19.1. The quantitative estimate of drug-likeness (QED) is 0.143. The van der Waals surface area contributed by atoms with Crippen molar-refractivity contribution in [2.24, 2.45) is 0 Å². The fourth-order valence-electron chi connectivity index (χ4n) is 9.15. The Bertz CT molecular complexity index is 3100. The van der Waals surface area contributed by atoms with Crippen LogP contribution in [0, 0.1) is 5.82 Å². The van der Waals surface area contributed by atoms with Crippen LogP contribution in [0.5, 0.6) is 0 Å². The van der Waals surface area contributed by atoms with E-state index in [0.29, 0.717) is 5.69 Å². The number of halogens is 1. The number of fused-ring (bicyclic) bond motifs is 2. The van der Waals surface area contributed by atoms with Crippen LogP contribution in [0.25, 0.3) is 53.9 Å². The monoisotopic (exact) mass is 738 g/mol. The molecule has 0 bridgehead atoms. The van der Waals surface area contributed by atoms with Crippen LogP contribution in [0.4, 0.5) is 38.5 Å². The maximum Gasteiger partial charge on any atom is 0.147 e. The number of hydrogen-bond donors (Lipinski definition) is 0. The summed E-state index contributed by atoms with van der Waals surface area (Å²) in [5.41, 5.74) is 8.33. The number of rotatable bonds is 8. The Morgan fingerprint density at radius 1 is 0.351 bits per heavy atom. The van der Waals surface area contributed by atoms with Crippen molar-refractivity contribution in [1.82, 2.24) is 0 Å². The summed E-state index contributed by atoms with van der Waals surface area (Å²) in [7, 11) is 0. The molecule has 0 fully saturated rings. The lowest BCUT2D eigenvalue weighted by molar-refractivity contribution is 0.629. The zero-order chi connectivity index (χ0) is 38.8. The van der Waals surface area contributed by atoms with Crippen molar-refractivity contribution in [2.75, 3.05) is 9.80 Å². The number of para-hydroxylation sites is 2. The van der Waals surface area contributed by atoms with Crippen molar-refractivity contribution >= 4 is 88.0 Å². The SMILES string of the molecule is CC(C)c1cc(N(c2ccccc2)c2cccc3ccccc23)c2ccc3c(C(C)C)cc(N(c4ccccc4F)c4cccc5ccccc45)c4ccc1c2c34. The lowest BCUT2D eigenvalue weighted by atomic mass is 9.84. The molecule has 0 atom stereocenters. The minimum absolute atomic E-state index is 0.212. The normalized spacial score (nSPS) is 11.9. The third kappa shape index (κ3) is 5.60.